The highest BCUT2D eigenvalue weighted by Gasteiger charge is 2.56. The van der Waals surface area contributed by atoms with Gasteiger partial charge in [-0.2, -0.15) is 5.10 Å². The molecule has 1 N–H and O–H groups in total. The SMILES string of the molecule is Cc1cc(C)n(C(=O)[C@@H]2[C@@H](C(=O)O)[C@H]3CC[C@@H]2O3)n1. The third-order valence-electron chi connectivity index (χ3n) is 4.06. The summed E-state index contributed by atoms with van der Waals surface area (Å²) >= 11 is 0. The van der Waals surface area contributed by atoms with Crippen LogP contribution in [0.2, 0.25) is 0 Å². The minimum atomic E-state index is -0.952. The van der Waals surface area contributed by atoms with Gasteiger partial charge in [0.25, 0.3) is 5.91 Å². The van der Waals surface area contributed by atoms with Crippen molar-refractivity contribution in [2.24, 2.45) is 11.8 Å². The number of ether oxygens (including phenoxy) is 1. The van der Waals surface area contributed by atoms with E-state index in [1.807, 2.05) is 13.0 Å². The van der Waals surface area contributed by atoms with Gasteiger partial charge in [-0.3, -0.25) is 9.59 Å². The number of aliphatic carboxylic acids is 1. The molecule has 0 radical (unpaired) electrons. The van der Waals surface area contributed by atoms with Crippen molar-refractivity contribution in [3.63, 3.8) is 0 Å². The van der Waals surface area contributed by atoms with Gasteiger partial charge in [0.2, 0.25) is 0 Å². The van der Waals surface area contributed by atoms with Crippen LogP contribution in [0.25, 0.3) is 0 Å². The molecular formula is C13H16N2O4. The molecule has 3 heterocycles. The molecule has 4 atom stereocenters. The van der Waals surface area contributed by atoms with E-state index < -0.39 is 17.8 Å². The Morgan fingerprint density at radius 1 is 1.32 bits per heavy atom. The minimum absolute atomic E-state index is 0.259. The molecule has 0 aliphatic carbocycles. The van der Waals surface area contributed by atoms with Gasteiger partial charge >= 0.3 is 5.97 Å². The summed E-state index contributed by atoms with van der Waals surface area (Å²) in [5.74, 6) is -2.57. The Morgan fingerprint density at radius 2 is 1.95 bits per heavy atom. The second-order valence-corrected chi connectivity index (χ2v) is 5.36. The van der Waals surface area contributed by atoms with Crippen molar-refractivity contribution >= 4 is 11.9 Å². The first-order chi connectivity index (χ1) is 8.99. The Kier molecular flexibility index (Phi) is 2.70. The van der Waals surface area contributed by atoms with E-state index in [1.54, 1.807) is 6.92 Å². The van der Waals surface area contributed by atoms with Crippen LogP contribution < -0.4 is 0 Å². The monoisotopic (exact) mass is 264 g/mol. The molecule has 2 saturated heterocycles. The Morgan fingerprint density at radius 3 is 2.47 bits per heavy atom. The Hall–Kier alpha value is -1.69. The fourth-order valence-corrected chi connectivity index (χ4v) is 3.30. The fourth-order valence-electron chi connectivity index (χ4n) is 3.30. The molecular weight excluding hydrogens is 248 g/mol. The second-order valence-electron chi connectivity index (χ2n) is 5.36. The zero-order chi connectivity index (χ0) is 13.7. The van der Waals surface area contributed by atoms with E-state index in [0.29, 0.717) is 0 Å². The molecule has 2 aliphatic heterocycles. The largest absolute Gasteiger partial charge is 0.481 e. The molecule has 6 heteroatoms. The first-order valence-corrected chi connectivity index (χ1v) is 6.45. The number of aromatic nitrogens is 2. The van der Waals surface area contributed by atoms with Crippen molar-refractivity contribution in [1.82, 2.24) is 9.78 Å². The van der Waals surface area contributed by atoms with Gasteiger partial charge in [-0.1, -0.05) is 0 Å². The molecule has 0 saturated carbocycles. The van der Waals surface area contributed by atoms with Crippen LogP contribution in [0, 0.1) is 25.7 Å². The van der Waals surface area contributed by atoms with E-state index >= 15 is 0 Å². The summed E-state index contributed by atoms with van der Waals surface area (Å²) in [5, 5.41) is 13.5. The number of fused-ring (bicyclic) bond motifs is 2. The normalized spacial score (nSPS) is 32.7. The van der Waals surface area contributed by atoms with E-state index in [2.05, 4.69) is 5.10 Å². The predicted octanol–water partition coefficient (Wildman–Crippen LogP) is 1.02. The van der Waals surface area contributed by atoms with Gasteiger partial charge in [-0.25, -0.2) is 4.68 Å². The highest BCUT2D eigenvalue weighted by Crippen LogP contribution is 2.44. The number of carboxylic acids is 1. The van der Waals surface area contributed by atoms with Crippen LogP contribution in [-0.4, -0.2) is 39.0 Å². The molecule has 2 aliphatic rings. The molecule has 0 unspecified atom stereocenters. The van der Waals surface area contributed by atoms with E-state index in [4.69, 9.17) is 4.74 Å². The van der Waals surface area contributed by atoms with Crippen molar-refractivity contribution in [2.45, 2.75) is 38.9 Å². The minimum Gasteiger partial charge on any atom is -0.481 e. The highest BCUT2D eigenvalue weighted by atomic mass is 16.5. The number of hydrogen-bond acceptors (Lipinski definition) is 4. The van der Waals surface area contributed by atoms with E-state index in [0.717, 1.165) is 24.2 Å². The number of carbonyl (C=O) groups excluding carboxylic acids is 1. The van der Waals surface area contributed by atoms with E-state index in [9.17, 15) is 14.7 Å². The molecule has 0 amide bonds. The fraction of sp³-hybridized carbons (Fsp3) is 0.615. The Bertz CT molecular complexity index is 551. The van der Waals surface area contributed by atoms with Crippen LogP contribution >= 0.6 is 0 Å². The van der Waals surface area contributed by atoms with Crippen molar-refractivity contribution in [1.29, 1.82) is 0 Å². The lowest BCUT2D eigenvalue weighted by atomic mass is 9.79. The van der Waals surface area contributed by atoms with Crippen LogP contribution in [-0.2, 0) is 9.53 Å². The summed E-state index contributed by atoms with van der Waals surface area (Å²) in [7, 11) is 0. The highest BCUT2D eigenvalue weighted by molar-refractivity contribution is 5.88. The van der Waals surface area contributed by atoms with Crippen molar-refractivity contribution in [3.05, 3.63) is 17.5 Å². The third kappa shape index (κ3) is 1.78. The number of aryl methyl sites for hydroxylation is 2. The second kappa shape index (κ2) is 4.16. The van der Waals surface area contributed by atoms with Gasteiger partial charge in [0.15, 0.2) is 0 Å². The first kappa shape index (κ1) is 12.3. The molecule has 3 rings (SSSR count). The first-order valence-electron chi connectivity index (χ1n) is 6.45. The lowest BCUT2D eigenvalue weighted by molar-refractivity contribution is -0.144. The molecule has 19 heavy (non-hydrogen) atoms. The number of nitrogens with zero attached hydrogens (tertiary/aromatic N) is 2. The van der Waals surface area contributed by atoms with Crippen molar-refractivity contribution in [2.75, 3.05) is 0 Å². The van der Waals surface area contributed by atoms with Gasteiger partial charge in [0, 0.05) is 5.69 Å². The zero-order valence-corrected chi connectivity index (χ0v) is 10.9. The number of carboxylic acid groups (broad SMARTS) is 1. The summed E-state index contributed by atoms with van der Waals surface area (Å²) in [5.41, 5.74) is 1.48. The maximum atomic E-state index is 12.5. The number of carbonyl (C=O) groups is 2. The summed E-state index contributed by atoms with van der Waals surface area (Å²) in [6.07, 6.45) is 0.878. The van der Waals surface area contributed by atoms with Gasteiger partial charge in [-0.05, 0) is 32.8 Å². The maximum Gasteiger partial charge on any atom is 0.310 e. The van der Waals surface area contributed by atoms with Crippen molar-refractivity contribution in [3.8, 4) is 0 Å². The quantitative estimate of drug-likeness (QED) is 0.862. The van der Waals surface area contributed by atoms with Crippen LogP contribution in [0.3, 0.4) is 0 Å². The zero-order valence-electron chi connectivity index (χ0n) is 10.9. The number of rotatable bonds is 2. The average Bonchev–Trinajstić information content (AvgIpc) is 3.01. The van der Waals surface area contributed by atoms with Gasteiger partial charge < -0.3 is 9.84 Å². The van der Waals surface area contributed by atoms with Crippen LogP contribution in [0.15, 0.2) is 6.07 Å². The lowest BCUT2D eigenvalue weighted by Gasteiger charge is -2.23. The van der Waals surface area contributed by atoms with Gasteiger partial charge in [0.1, 0.15) is 0 Å². The summed E-state index contributed by atoms with van der Waals surface area (Å²) in [4.78, 5) is 23.9. The molecule has 2 fully saturated rings. The molecule has 6 nitrogen and oxygen atoms in total. The topological polar surface area (TPSA) is 81.4 Å². The van der Waals surface area contributed by atoms with E-state index in [1.165, 1.54) is 4.68 Å². The number of hydrogen-bond donors (Lipinski definition) is 1. The van der Waals surface area contributed by atoms with Gasteiger partial charge in [-0.15, -0.1) is 0 Å². The smallest absolute Gasteiger partial charge is 0.310 e. The third-order valence-corrected chi connectivity index (χ3v) is 4.06. The van der Waals surface area contributed by atoms with Crippen LogP contribution in [0.4, 0.5) is 0 Å². The lowest BCUT2D eigenvalue weighted by Crippen LogP contribution is -2.41. The molecule has 0 spiro atoms. The molecule has 102 valence electrons. The summed E-state index contributed by atoms with van der Waals surface area (Å²) in [6.45, 7) is 3.60. The van der Waals surface area contributed by atoms with Crippen molar-refractivity contribution < 1.29 is 19.4 Å². The molecule has 1 aromatic rings. The van der Waals surface area contributed by atoms with Crippen LogP contribution in [0.5, 0.6) is 0 Å². The summed E-state index contributed by atoms with van der Waals surface area (Å²) < 4.78 is 6.92. The van der Waals surface area contributed by atoms with Gasteiger partial charge in [0.05, 0.1) is 29.7 Å². The predicted molar refractivity (Wildman–Crippen MR) is 64.8 cm³/mol. The maximum absolute atomic E-state index is 12.5. The molecule has 0 aromatic carbocycles. The average molecular weight is 264 g/mol. The van der Waals surface area contributed by atoms with E-state index in [-0.39, 0.29) is 18.1 Å². The standard InChI is InChI=1S/C13H16N2O4/c1-6-5-7(2)15(14-6)12(16)10-8-3-4-9(19-8)11(10)13(17)18/h5,8-11H,3-4H2,1-2H3,(H,17,18)/t8-,9+,10-,11-/m0/s1. The molecule has 1 aromatic heterocycles. The summed E-state index contributed by atoms with van der Waals surface area (Å²) in [6, 6.07) is 1.81. The molecule has 2 bridgehead atoms. The Balaban J connectivity index is 1.94. The van der Waals surface area contributed by atoms with Crippen LogP contribution in [0.1, 0.15) is 29.0 Å². The Labute approximate surface area is 110 Å².